The largest absolute Gasteiger partial charge is 0.335 e. The van der Waals surface area contributed by atoms with Gasteiger partial charge in [-0.25, -0.2) is 4.98 Å². The lowest BCUT2D eigenvalue weighted by Crippen LogP contribution is -2.07. The van der Waals surface area contributed by atoms with Crippen molar-refractivity contribution in [1.82, 2.24) is 14.9 Å². The summed E-state index contributed by atoms with van der Waals surface area (Å²) >= 11 is 0. The van der Waals surface area contributed by atoms with Crippen molar-refractivity contribution >= 4 is 0 Å². The second-order valence-electron chi connectivity index (χ2n) is 3.33. The lowest BCUT2D eigenvalue weighted by atomic mass is 10.2. The molecule has 0 bridgehead atoms. The van der Waals surface area contributed by atoms with Crippen LogP contribution in [-0.2, 0) is 6.54 Å². The van der Waals surface area contributed by atoms with E-state index in [0.29, 0.717) is 0 Å². The molecule has 0 saturated heterocycles. The molecule has 0 radical (unpaired) electrons. The molecule has 3 nitrogen and oxygen atoms in total. The number of aryl methyl sites for hydroxylation is 2. The van der Waals surface area contributed by atoms with Crippen molar-refractivity contribution in [3.05, 3.63) is 18.2 Å². The van der Waals surface area contributed by atoms with Gasteiger partial charge < -0.3 is 9.88 Å². The summed E-state index contributed by atoms with van der Waals surface area (Å²) in [6.45, 7) is 4.28. The number of nitrogens with zero attached hydrogens (tertiary/aromatic N) is 2. The van der Waals surface area contributed by atoms with Crippen molar-refractivity contribution < 1.29 is 0 Å². The standard InChI is InChI=1S/C10H19N3/c1-10-12-7-9-13(10)8-5-3-4-6-11-2/h7,9,11H,3-6,8H2,1-2H3. The predicted molar refractivity (Wildman–Crippen MR) is 54.7 cm³/mol. The van der Waals surface area contributed by atoms with Crippen LogP contribution in [0, 0.1) is 6.92 Å². The third-order valence-electron chi connectivity index (χ3n) is 2.25. The van der Waals surface area contributed by atoms with Crippen LogP contribution >= 0.6 is 0 Å². The smallest absolute Gasteiger partial charge is 0.105 e. The maximum Gasteiger partial charge on any atom is 0.105 e. The Hall–Kier alpha value is -0.830. The molecule has 3 heteroatoms. The van der Waals surface area contributed by atoms with E-state index in [1.54, 1.807) is 0 Å². The fraction of sp³-hybridized carbons (Fsp3) is 0.700. The summed E-state index contributed by atoms with van der Waals surface area (Å²) < 4.78 is 2.21. The van der Waals surface area contributed by atoms with Crippen molar-refractivity contribution in [2.45, 2.75) is 32.7 Å². The van der Waals surface area contributed by atoms with Crippen LogP contribution in [0.2, 0.25) is 0 Å². The van der Waals surface area contributed by atoms with E-state index in [1.807, 2.05) is 26.4 Å². The molecule has 1 aromatic rings. The average molecular weight is 181 g/mol. The third kappa shape index (κ3) is 3.59. The van der Waals surface area contributed by atoms with E-state index < -0.39 is 0 Å². The maximum atomic E-state index is 4.18. The van der Waals surface area contributed by atoms with Gasteiger partial charge in [0.25, 0.3) is 0 Å². The summed E-state index contributed by atoms with van der Waals surface area (Å²) in [6, 6.07) is 0. The van der Waals surface area contributed by atoms with E-state index in [2.05, 4.69) is 14.9 Å². The van der Waals surface area contributed by atoms with Crippen molar-refractivity contribution in [3.63, 3.8) is 0 Å². The summed E-state index contributed by atoms with van der Waals surface area (Å²) in [5.74, 6) is 1.12. The average Bonchev–Trinajstić information content (AvgIpc) is 2.52. The topological polar surface area (TPSA) is 29.9 Å². The van der Waals surface area contributed by atoms with Gasteiger partial charge in [-0.15, -0.1) is 0 Å². The van der Waals surface area contributed by atoms with Gasteiger partial charge in [0.1, 0.15) is 5.82 Å². The van der Waals surface area contributed by atoms with Crippen molar-refractivity contribution in [3.8, 4) is 0 Å². The Kier molecular flexibility index (Phi) is 4.54. The van der Waals surface area contributed by atoms with E-state index in [1.165, 1.54) is 19.3 Å². The fourth-order valence-electron chi connectivity index (χ4n) is 1.40. The summed E-state index contributed by atoms with van der Waals surface area (Å²) in [4.78, 5) is 4.18. The molecule has 0 amide bonds. The summed E-state index contributed by atoms with van der Waals surface area (Å²) in [7, 11) is 2.00. The van der Waals surface area contributed by atoms with E-state index in [0.717, 1.165) is 18.9 Å². The first-order valence-electron chi connectivity index (χ1n) is 4.97. The number of aromatic nitrogens is 2. The van der Waals surface area contributed by atoms with Crippen molar-refractivity contribution in [2.75, 3.05) is 13.6 Å². The van der Waals surface area contributed by atoms with Gasteiger partial charge >= 0.3 is 0 Å². The molecule has 0 saturated carbocycles. The van der Waals surface area contributed by atoms with Gasteiger partial charge in [-0.3, -0.25) is 0 Å². The highest BCUT2D eigenvalue weighted by molar-refractivity contribution is 4.87. The number of imidazole rings is 1. The third-order valence-corrected chi connectivity index (χ3v) is 2.25. The van der Waals surface area contributed by atoms with Gasteiger partial charge in [-0.2, -0.15) is 0 Å². The van der Waals surface area contributed by atoms with Crippen LogP contribution in [0.5, 0.6) is 0 Å². The zero-order chi connectivity index (χ0) is 9.52. The summed E-state index contributed by atoms with van der Waals surface area (Å²) in [6.07, 6.45) is 7.72. The Balaban J connectivity index is 2.10. The predicted octanol–water partition coefficient (Wildman–Crippen LogP) is 1.58. The van der Waals surface area contributed by atoms with Gasteiger partial charge in [0.05, 0.1) is 0 Å². The molecule has 0 fully saturated rings. The maximum absolute atomic E-state index is 4.18. The number of unbranched alkanes of at least 4 members (excludes halogenated alkanes) is 2. The Morgan fingerprint density at radius 3 is 2.85 bits per heavy atom. The minimum atomic E-state index is 1.11. The van der Waals surface area contributed by atoms with Crippen LogP contribution in [-0.4, -0.2) is 23.1 Å². The highest BCUT2D eigenvalue weighted by Crippen LogP contribution is 2.01. The minimum Gasteiger partial charge on any atom is -0.335 e. The quantitative estimate of drug-likeness (QED) is 0.675. The molecule has 0 unspecified atom stereocenters. The van der Waals surface area contributed by atoms with E-state index in [4.69, 9.17) is 0 Å². The Morgan fingerprint density at radius 1 is 1.38 bits per heavy atom. The first-order valence-corrected chi connectivity index (χ1v) is 4.97. The molecule has 0 aliphatic carbocycles. The fourth-order valence-corrected chi connectivity index (χ4v) is 1.40. The van der Waals surface area contributed by atoms with Gasteiger partial charge in [0, 0.05) is 18.9 Å². The van der Waals surface area contributed by atoms with Crippen LogP contribution < -0.4 is 5.32 Å². The van der Waals surface area contributed by atoms with Crippen LogP contribution in [0.3, 0.4) is 0 Å². The molecule has 1 heterocycles. The number of hydrogen-bond acceptors (Lipinski definition) is 2. The molecule has 1 N–H and O–H groups in total. The Morgan fingerprint density at radius 2 is 2.23 bits per heavy atom. The molecule has 0 aliphatic rings. The highest BCUT2D eigenvalue weighted by atomic mass is 15.0. The number of hydrogen-bond donors (Lipinski definition) is 1. The molecule has 0 aliphatic heterocycles. The van der Waals surface area contributed by atoms with Crippen molar-refractivity contribution in [1.29, 1.82) is 0 Å². The lowest BCUT2D eigenvalue weighted by molar-refractivity contribution is 0.567. The van der Waals surface area contributed by atoms with Crippen LogP contribution in [0.4, 0.5) is 0 Å². The molecule has 13 heavy (non-hydrogen) atoms. The number of nitrogens with one attached hydrogen (secondary N) is 1. The minimum absolute atomic E-state index is 1.11. The van der Waals surface area contributed by atoms with E-state index >= 15 is 0 Å². The Bertz CT molecular complexity index is 230. The zero-order valence-corrected chi connectivity index (χ0v) is 8.58. The first-order chi connectivity index (χ1) is 6.34. The van der Waals surface area contributed by atoms with E-state index in [-0.39, 0.29) is 0 Å². The zero-order valence-electron chi connectivity index (χ0n) is 8.58. The summed E-state index contributed by atoms with van der Waals surface area (Å²) in [5, 5.41) is 3.15. The van der Waals surface area contributed by atoms with Crippen LogP contribution in [0.15, 0.2) is 12.4 Å². The monoisotopic (exact) mass is 181 g/mol. The van der Waals surface area contributed by atoms with Gasteiger partial charge in [-0.05, 0) is 33.4 Å². The first kappa shape index (κ1) is 10.3. The SMILES string of the molecule is CNCCCCCn1ccnc1C. The molecule has 1 aromatic heterocycles. The van der Waals surface area contributed by atoms with Crippen molar-refractivity contribution in [2.24, 2.45) is 0 Å². The molecule has 1 rings (SSSR count). The molecular formula is C10H19N3. The number of rotatable bonds is 6. The molecule has 0 atom stereocenters. The lowest BCUT2D eigenvalue weighted by Gasteiger charge is -2.04. The normalized spacial score (nSPS) is 10.6. The van der Waals surface area contributed by atoms with Crippen LogP contribution in [0.25, 0.3) is 0 Å². The van der Waals surface area contributed by atoms with Gasteiger partial charge in [0.15, 0.2) is 0 Å². The van der Waals surface area contributed by atoms with E-state index in [9.17, 15) is 0 Å². The summed E-state index contributed by atoms with van der Waals surface area (Å²) in [5.41, 5.74) is 0. The molecular weight excluding hydrogens is 162 g/mol. The molecule has 74 valence electrons. The molecule has 0 aromatic carbocycles. The second kappa shape index (κ2) is 5.75. The molecule has 0 spiro atoms. The van der Waals surface area contributed by atoms with Gasteiger partial charge in [-0.1, -0.05) is 6.42 Å². The highest BCUT2D eigenvalue weighted by Gasteiger charge is 1.95. The second-order valence-corrected chi connectivity index (χ2v) is 3.33. The van der Waals surface area contributed by atoms with Crippen LogP contribution in [0.1, 0.15) is 25.1 Å². The van der Waals surface area contributed by atoms with Gasteiger partial charge in [0.2, 0.25) is 0 Å². The Labute approximate surface area is 80.2 Å².